The zero-order valence-electron chi connectivity index (χ0n) is 13.0. The first-order chi connectivity index (χ1) is 9.45. The first-order valence-electron chi connectivity index (χ1n) is 6.50. The van der Waals surface area contributed by atoms with Gasteiger partial charge in [-0.15, -0.1) is 11.6 Å². The van der Waals surface area contributed by atoms with Gasteiger partial charge in [0, 0.05) is 21.3 Å². The molecule has 1 unspecified atom stereocenters. The molecular weight excluding hydrogens is 304 g/mol. The molecule has 8 heteroatoms. The number of rotatable bonds is 13. The molecule has 0 aliphatic carbocycles. The molecule has 122 valence electrons. The minimum Gasteiger partial charge on any atom is -0.382 e. The third-order valence-corrected chi connectivity index (χ3v) is 4.24. The van der Waals surface area contributed by atoms with Gasteiger partial charge in [0.05, 0.1) is 44.0 Å². The molecule has 0 spiro atoms. The van der Waals surface area contributed by atoms with E-state index in [9.17, 15) is 0 Å². The van der Waals surface area contributed by atoms with Crippen LogP contribution >= 0.6 is 11.6 Å². The fraction of sp³-hybridized carbons (Fsp3) is 1.00. The maximum absolute atomic E-state index is 6.23. The Kier molecular flexibility index (Phi) is 12.0. The van der Waals surface area contributed by atoms with E-state index in [1.54, 1.807) is 21.3 Å². The van der Waals surface area contributed by atoms with Gasteiger partial charge in [0.25, 0.3) is 0 Å². The van der Waals surface area contributed by atoms with Gasteiger partial charge in [-0.05, 0) is 13.8 Å². The third-order valence-electron chi connectivity index (χ3n) is 2.52. The molecule has 0 bridgehead atoms. The third kappa shape index (κ3) is 10.1. The number of hydrogen-bond donors (Lipinski definition) is 0. The van der Waals surface area contributed by atoms with Crippen LogP contribution in [0.2, 0.25) is 0 Å². The Hall–Kier alpha value is 0.267. The van der Waals surface area contributed by atoms with Crippen molar-refractivity contribution in [3.63, 3.8) is 0 Å². The second-order valence-electron chi connectivity index (χ2n) is 4.64. The summed E-state index contributed by atoms with van der Waals surface area (Å²) in [4.78, 5) is -0.521. The second-order valence-corrected chi connectivity index (χ2v) is 7.19. The van der Waals surface area contributed by atoms with E-state index in [2.05, 4.69) is 0 Å². The quantitative estimate of drug-likeness (QED) is 0.286. The largest absolute Gasteiger partial charge is 0.484 e. The molecule has 0 heterocycles. The molecule has 0 aliphatic rings. The summed E-state index contributed by atoms with van der Waals surface area (Å²) in [6, 6.07) is 0. The summed E-state index contributed by atoms with van der Waals surface area (Å²) in [6.45, 7) is 5.93. The zero-order chi connectivity index (χ0) is 15.4. The molecule has 6 nitrogen and oxygen atoms in total. The summed E-state index contributed by atoms with van der Waals surface area (Å²) in [5.74, 6) is 0. The van der Waals surface area contributed by atoms with Crippen LogP contribution in [0.4, 0.5) is 0 Å². The van der Waals surface area contributed by atoms with Crippen LogP contribution in [0.15, 0.2) is 0 Å². The molecule has 20 heavy (non-hydrogen) atoms. The van der Waals surface area contributed by atoms with E-state index in [-0.39, 0.29) is 6.10 Å². The first kappa shape index (κ1) is 20.3. The average molecular weight is 331 g/mol. The number of halogens is 1. The van der Waals surface area contributed by atoms with Gasteiger partial charge in [-0.3, -0.25) is 0 Å². The predicted molar refractivity (Wildman–Crippen MR) is 79.5 cm³/mol. The van der Waals surface area contributed by atoms with Crippen LogP contribution in [0, 0.1) is 0 Å². The summed E-state index contributed by atoms with van der Waals surface area (Å²) < 4.78 is 32.0. The van der Waals surface area contributed by atoms with E-state index in [1.807, 2.05) is 13.8 Å². The molecule has 0 N–H and O–H groups in total. The van der Waals surface area contributed by atoms with Gasteiger partial charge in [0.2, 0.25) is 0 Å². The van der Waals surface area contributed by atoms with Gasteiger partial charge in [0.1, 0.15) is 0 Å². The van der Waals surface area contributed by atoms with Crippen molar-refractivity contribution in [2.24, 2.45) is 0 Å². The molecule has 1 atom stereocenters. The topological polar surface area (TPSA) is 55.4 Å². The Morgan fingerprint density at radius 1 is 0.900 bits per heavy atom. The summed E-state index contributed by atoms with van der Waals surface area (Å²) in [5.41, 5.74) is 0. The molecule has 0 aromatic carbocycles. The van der Waals surface area contributed by atoms with E-state index in [0.717, 1.165) is 0 Å². The van der Waals surface area contributed by atoms with Crippen molar-refractivity contribution < 1.29 is 27.5 Å². The molecular formula is C12H27ClO6Si. The van der Waals surface area contributed by atoms with Crippen molar-refractivity contribution in [3.8, 4) is 0 Å². The van der Waals surface area contributed by atoms with Gasteiger partial charge in [0.15, 0.2) is 0 Å². The number of hydrogen-bond acceptors (Lipinski definition) is 6. The highest BCUT2D eigenvalue weighted by molar-refractivity contribution is 6.36. The molecule has 0 aromatic rings. The van der Waals surface area contributed by atoms with Crippen LogP contribution in [0.25, 0.3) is 0 Å². The first-order valence-corrected chi connectivity index (χ1v) is 8.29. The van der Waals surface area contributed by atoms with Crippen LogP contribution in [0.1, 0.15) is 13.8 Å². The molecule has 0 amide bonds. The SMILES string of the molecule is COCCO[SiH](OCCOC)OCC(OC)C(C)(C)Cl. The maximum atomic E-state index is 6.23. The van der Waals surface area contributed by atoms with Crippen LogP contribution in [0.5, 0.6) is 0 Å². The lowest BCUT2D eigenvalue weighted by Gasteiger charge is -2.28. The molecule has 0 aromatic heterocycles. The number of alkyl halides is 1. The summed E-state index contributed by atoms with van der Waals surface area (Å²) in [5, 5.41) is 0. The highest BCUT2D eigenvalue weighted by Crippen LogP contribution is 2.21. The molecule has 0 aliphatic heterocycles. The van der Waals surface area contributed by atoms with Crippen LogP contribution in [-0.2, 0) is 27.5 Å². The minimum atomic E-state index is -2.24. The lowest BCUT2D eigenvalue weighted by molar-refractivity contribution is -0.00230. The van der Waals surface area contributed by atoms with Crippen LogP contribution in [-0.4, -0.2) is 74.9 Å². The second kappa shape index (κ2) is 11.9. The van der Waals surface area contributed by atoms with Gasteiger partial charge in [-0.25, -0.2) is 0 Å². The highest BCUT2D eigenvalue weighted by Gasteiger charge is 2.29. The molecule has 0 rings (SSSR count). The van der Waals surface area contributed by atoms with Crippen molar-refractivity contribution in [2.45, 2.75) is 24.8 Å². The van der Waals surface area contributed by atoms with Gasteiger partial charge < -0.3 is 27.5 Å². The Bertz CT molecular complexity index is 216. The Balaban J connectivity index is 4.17. The molecule has 0 radical (unpaired) electrons. The average Bonchev–Trinajstić information content (AvgIpc) is 2.37. The van der Waals surface area contributed by atoms with E-state index in [1.165, 1.54) is 0 Å². The Morgan fingerprint density at radius 2 is 1.40 bits per heavy atom. The van der Waals surface area contributed by atoms with Gasteiger partial charge in [-0.2, -0.15) is 0 Å². The van der Waals surface area contributed by atoms with Crippen molar-refractivity contribution in [1.82, 2.24) is 0 Å². The molecule has 0 saturated carbocycles. The van der Waals surface area contributed by atoms with Crippen molar-refractivity contribution >= 4 is 21.1 Å². The Labute approximate surface area is 128 Å². The molecule has 0 saturated heterocycles. The van der Waals surface area contributed by atoms with Gasteiger partial charge in [-0.1, -0.05) is 0 Å². The molecule has 0 fully saturated rings. The van der Waals surface area contributed by atoms with Gasteiger partial charge >= 0.3 is 9.53 Å². The lowest BCUT2D eigenvalue weighted by Crippen LogP contribution is -2.40. The summed E-state index contributed by atoms with van der Waals surface area (Å²) >= 11 is 6.23. The number of ether oxygens (including phenoxy) is 3. The number of methoxy groups -OCH3 is 3. The standard InChI is InChI=1S/C12H27ClO6Si/c1-12(2,13)11(16-5)10-19-20(17-8-6-14-3)18-9-7-15-4/h11,20H,6-10H2,1-5H3. The van der Waals surface area contributed by atoms with Crippen LogP contribution in [0.3, 0.4) is 0 Å². The van der Waals surface area contributed by atoms with Crippen LogP contribution < -0.4 is 0 Å². The maximum Gasteiger partial charge on any atom is 0.484 e. The van der Waals surface area contributed by atoms with Crippen molar-refractivity contribution in [3.05, 3.63) is 0 Å². The smallest absolute Gasteiger partial charge is 0.382 e. The summed E-state index contributed by atoms with van der Waals surface area (Å²) in [7, 11) is 2.60. The fourth-order valence-corrected chi connectivity index (χ4v) is 2.66. The van der Waals surface area contributed by atoms with E-state index >= 15 is 0 Å². The zero-order valence-corrected chi connectivity index (χ0v) is 14.9. The van der Waals surface area contributed by atoms with E-state index < -0.39 is 14.4 Å². The highest BCUT2D eigenvalue weighted by atomic mass is 35.5. The minimum absolute atomic E-state index is 0.240. The normalized spacial score (nSPS) is 13.9. The van der Waals surface area contributed by atoms with Crippen molar-refractivity contribution in [2.75, 3.05) is 54.4 Å². The summed E-state index contributed by atoms with van der Waals surface area (Å²) in [6.07, 6.45) is -0.240. The fourth-order valence-electron chi connectivity index (χ4n) is 1.31. The lowest BCUT2D eigenvalue weighted by atomic mass is 10.1. The van der Waals surface area contributed by atoms with E-state index in [4.69, 9.17) is 39.1 Å². The predicted octanol–water partition coefficient (Wildman–Crippen LogP) is 1.08. The van der Waals surface area contributed by atoms with E-state index in [0.29, 0.717) is 33.0 Å². The van der Waals surface area contributed by atoms with Crippen molar-refractivity contribution in [1.29, 1.82) is 0 Å². The monoisotopic (exact) mass is 330 g/mol. The Morgan fingerprint density at radius 3 is 1.75 bits per heavy atom.